The van der Waals surface area contributed by atoms with Gasteiger partial charge in [0.05, 0.1) is 23.6 Å². The summed E-state index contributed by atoms with van der Waals surface area (Å²) in [6.07, 6.45) is 11.6. The van der Waals surface area contributed by atoms with E-state index in [0.29, 0.717) is 31.5 Å². The minimum atomic E-state index is -0.255. The lowest BCUT2D eigenvalue weighted by atomic mass is 9.80. The van der Waals surface area contributed by atoms with Gasteiger partial charge in [0.1, 0.15) is 5.82 Å². The van der Waals surface area contributed by atoms with E-state index >= 15 is 0 Å². The second-order valence-electron chi connectivity index (χ2n) is 11.0. The first-order valence-electron chi connectivity index (χ1n) is 14.3. The molecule has 0 aliphatic heterocycles. The molecule has 3 unspecified atom stereocenters. The van der Waals surface area contributed by atoms with Gasteiger partial charge < -0.3 is 16.0 Å². The Kier molecular flexibility index (Phi) is 7.91. The molecule has 2 aliphatic carbocycles. The number of hydrogen-bond acceptors (Lipinski definition) is 4. The summed E-state index contributed by atoms with van der Waals surface area (Å²) in [5, 5.41) is 8.00. The number of benzene rings is 2. The Hall–Kier alpha value is -4.30. The van der Waals surface area contributed by atoms with E-state index < -0.39 is 0 Å². The first-order chi connectivity index (χ1) is 20.1. The van der Waals surface area contributed by atoms with E-state index in [0.717, 1.165) is 48.2 Å². The molecular weight excluding hydrogens is 515 g/mol. The molecule has 2 amide bonds. The van der Waals surface area contributed by atoms with E-state index in [4.69, 9.17) is 5.73 Å². The topological polar surface area (TPSA) is 89.1 Å². The van der Waals surface area contributed by atoms with Crippen molar-refractivity contribution in [1.82, 2.24) is 25.0 Å². The minimum absolute atomic E-state index is 0.117. The molecule has 2 aromatic carbocycles. The Bertz CT molecular complexity index is 1500. The lowest BCUT2D eigenvalue weighted by Gasteiger charge is -2.30. The third-order valence-electron chi connectivity index (χ3n) is 8.39. The predicted octanol–water partition coefficient (Wildman–Crippen LogP) is 5.67. The number of rotatable bonds is 9. The van der Waals surface area contributed by atoms with Gasteiger partial charge in [-0.15, -0.1) is 0 Å². The van der Waals surface area contributed by atoms with Crippen LogP contribution in [-0.4, -0.2) is 38.8 Å². The molecule has 0 saturated heterocycles. The summed E-state index contributed by atoms with van der Waals surface area (Å²) >= 11 is 0. The number of halogens is 1. The van der Waals surface area contributed by atoms with Crippen LogP contribution in [0.4, 0.5) is 9.18 Å². The number of amides is 2. The van der Waals surface area contributed by atoms with Crippen LogP contribution < -0.4 is 11.1 Å². The number of nitrogens with zero attached hydrogens (tertiary/aromatic N) is 4. The predicted molar refractivity (Wildman–Crippen MR) is 157 cm³/mol. The summed E-state index contributed by atoms with van der Waals surface area (Å²) in [5.74, 6) is 0.581. The molecule has 3 N–H and O–H groups in total. The monoisotopic (exact) mass is 550 g/mol. The summed E-state index contributed by atoms with van der Waals surface area (Å²) in [7, 11) is 0. The third-order valence-corrected chi connectivity index (χ3v) is 8.39. The number of carbonyl (C=O) groups excluding carboxylic acids is 1. The van der Waals surface area contributed by atoms with Crippen molar-refractivity contribution in [2.75, 3.05) is 13.1 Å². The van der Waals surface area contributed by atoms with Crippen LogP contribution in [0.2, 0.25) is 0 Å². The van der Waals surface area contributed by atoms with Crippen molar-refractivity contribution in [2.24, 2.45) is 17.6 Å². The number of urea groups is 1. The number of allylic oxidation sites excluding steroid dienone is 1. The van der Waals surface area contributed by atoms with Gasteiger partial charge in [0.25, 0.3) is 0 Å². The van der Waals surface area contributed by atoms with Crippen molar-refractivity contribution in [3.05, 3.63) is 119 Å². The molecular formula is C33H35FN6O. The van der Waals surface area contributed by atoms with Gasteiger partial charge in [-0.3, -0.25) is 4.98 Å². The summed E-state index contributed by atoms with van der Waals surface area (Å²) in [5.41, 5.74) is 12.6. The summed E-state index contributed by atoms with van der Waals surface area (Å²) in [6, 6.07) is 20.3. The molecule has 4 aromatic rings. The first kappa shape index (κ1) is 26.9. The number of fused-ring (bicyclic) bond motifs is 2. The maximum Gasteiger partial charge on any atom is 0.318 e. The highest BCUT2D eigenvalue weighted by Crippen LogP contribution is 2.47. The molecule has 0 spiro atoms. The number of aromatic nitrogens is 3. The second-order valence-corrected chi connectivity index (χ2v) is 11.0. The van der Waals surface area contributed by atoms with Gasteiger partial charge in [-0.1, -0.05) is 42.0 Å². The molecule has 7 nitrogen and oxygen atoms in total. The van der Waals surface area contributed by atoms with Crippen molar-refractivity contribution in [3.63, 3.8) is 0 Å². The van der Waals surface area contributed by atoms with Gasteiger partial charge in [-0.25, -0.2) is 13.9 Å². The fourth-order valence-corrected chi connectivity index (χ4v) is 6.33. The Balaban J connectivity index is 1.20. The van der Waals surface area contributed by atoms with E-state index in [1.54, 1.807) is 29.4 Å². The molecule has 210 valence electrons. The van der Waals surface area contributed by atoms with E-state index in [-0.39, 0.29) is 17.9 Å². The maximum atomic E-state index is 13.6. The molecule has 2 heterocycles. The summed E-state index contributed by atoms with van der Waals surface area (Å²) in [4.78, 5) is 19.6. The number of pyridine rings is 1. The van der Waals surface area contributed by atoms with Gasteiger partial charge in [0.2, 0.25) is 0 Å². The van der Waals surface area contributed by atoms with Gasteiger partial charge in [0, 0.05) is 32.0 Å². The largest absolute Gasteiger partial charge is 0.331 e. The van der Waals surface area contributed by atoms with Crippen LogP contribution in [0.25, 0.3) is 11.8 Å². The molecule has 6 rings (SSSR count). The zero-order chi connectivity index (χ0) is 28.2. The molecule has 2 aliphatic rings. The van der Waals surface area contributed by atoms with Crippen LogP contribution in [0.5, 0.6) is 0 Å². The summed E-state index contributed by atoms with van der Waals surface area (Å²) in [6.45, 7) is 1.30. The molecule has 2 aromatic heterocycles. The van der Waals surface area contributed by atoms with Gasteiger partial charge in [-0.05, 0) is 90.6 Å². The Morgan fingerprint density at radius 1 is 1.10 bits per heavy atom. The molecule has 1 fully saturated rings. The average Bonchev–Trinajstić information content (AvgIpc) is 3.60. The van der Waals surface area contributed by atoms with Gasteiger partial charge in [-0.2, -0.15) is 5.10 Å². The fourth-order valence-electron chi connectivity index (χ4n) is 6.33. The lowest BCUT2D eigenvalue weighted by Crippen LogP contribution is -2.44. The van der Waals surface area contributed by atoms with Crippen molar-refractivity contribution >= 4 is 12.1 Å². The number of hydrogen-bond donors (Lipinski definition) is 2. The zero-order valence-electron chi connectivity index (χ0n) is 23.0. The van der Waals surface area contributed by atoms with Crippen molar-refractivity contribution < 1.29 is 9.18 Å². The Labute approximate surface area is 239 Å². The Morgan fingerprint density at radius 2 is 1.93 bits per heavy atom. The molecule has 8 heteroatoms. The van der Waals surface area contributed by atoms with E-state index in [2.05, 4.69) is 33.6 Å². The van der Waals surface area contributed by atoms with Gasteiger partial charge >= 0.3 is 6.03 Å². The highest BCUT2D eigenvalue weighted by atomic mass is 19.1. The molecule has 1 saturated carbocycles. The quantitative estimate of drug-likeness (QED) is 0.281. The SMILES string of the molecule is NCCN(Cc1cccnc1)C(=O)NC(CC1CCC2=Cc3c(cnn3-c3ccc(F)cc3)CC21)c1ccccc1. The lowest BCUT2D eigenvalue weighted by molar-refractivity contribution is 0.189. The first-order valence-corrected chi connectivity index (χ1v) is 14.3. The van der Waals surface area contributed by atoms with Crippen LogP contribution >= 0.6 is 0 Å². The summed E-state index contributed by atoms with van der Waals surface area (Å²) < 4.78 is 15.4. The highest BCUT2D eigenvalue weighted by molar-refractivity contribution is 5.74. The number of carbonyl (C=O) groups is 1. The number of nitrogens with two attached hydrogens (primary N) is 1. The van der Waals surface area contributed by atoms with E-state index in [9.17, 15) is 9.18 Å². The van der Waals surface area contributed by atoms with Crippen molar-refractivity contribution in [2.45, 2.75) is 38.3 Å². The molecule has 41 heavy (non-hydrogen) atoms. The zero-order valence-corrected chi connectivity index (χ0v) is 23.0. The normalized spacial score (nSPS) is 18.2. The van der Waals surface area contributed by atoms with E-state index in [1.165, 1.54) is 23.3 Å². The van der Waals surface area contributed by atoms with Crippen molar-refractivity contribution in [3.8, 4) is 5.69 Å². The van der Waals surface area contributed by atoms with Crippen LogP contribution in [0, 0.1) is 17.7 Å². The minimum Gasteiger partial charge on any atom is -0.331 e. The van der Waals surface area contributed by atoms with Crippen molar-refractivity contribution in [1.29, 1.82) is 0 Å². The second kappa shape index (κ2) is 12.1. The fraction of sp³-hybridized carbons (Fsp3) is 0.303. The molecule has 0 radical (unpaired) electrons. The van der Waals surface area contributed by atoms with Crippen LogP contribution in [0.15, 0.2) is 90.9 Å². The van der Waals surface area contributed by atoms with Crippen LogP contribution in [-0.2, 0) is 13.0 Å². The van der Waals surface area contributed by atoms with E-state index in [1.807, 2.05) is 41.2 Å². The number of nitrogens with one attached hydrogen (secondary N) is 1. The van der Waals surface area contributed by atoms with Gasteiger partial charge in [0.15, 0.2) is 0 Å². The average molecular weight is 551 g/mol. The standard InChI is InChI=1S/C33H35FN6O/c34-28-10-12-29(13-11-28)40-32-19-26-9-8-25(30(26)17-27(32)21-37-40)18-31(24-6-2-1-3-7-24)38-33(41)39(16-14-35)22-23-5-4-15-36-20-23/h1-7,10-13,15,19-21,25,30-31H,8-9,14,16-18,22,35H2,(H,38,41). The molecule has 0 bridgehead atoms. The van der Waals surface area contributed by atoms with Crippen LogP contribution in [0.3, 0.4) is 0 Å². The third kappa shape index (κ3) is 5.93. The molecule has 3 atom stereocenters. The smallest absolute Gasteiger partial charge is 0.318 e. The highest BCUT2D eigenvalue weighted by Gasteiger charge is 2.37. The maximum absolute atomic E-state index is 13.6. The Morgan fingerprint density at radius 3 is 2.68 bits per heavy atom. The van der Waals surface area contributed by atoms with Crippen LogP contribution in [0.1, 0.15) is 47.7 Å².